The Balaban J connectivity index is 1.89. The highest BCUT2D eigenvalue weighted by molar-refractivity contribution is 7.89. The van der Waals surface area contributed by atoms with Gasteiger partial charge in [0.1, 0.15) is 12.3 Å². The van der Waals surface area contributed by atoms with Gasteiger partial charge in [-0.15, -0.1) is 0 Å². The van der Waals surface area contributed by atoms with E-state index >= 15 is 0 Å². The van der Waals surface area contributed by atoms with Crippen molar-refractivity contribution in [3.05, 3.63) is 42.6 Å². The first-order chi connectivity index (χ1) is 12.9. The molecular formula is C18H22N2O6S. The molecule has 1 amide bonds. The summed E-state index contributed by atoms with van der Waals surface area (Å²) in [6.45, 7) is 2.40. The minimum absolute atomic E-state index is 0.0746. The topological polar surface area (TPSA) is 102 Å². The summed E-state index contributed by atoms with van der Waals surface area (Å²) in [6.07, 6.45) is 1.60. The number of carbonyl (C=O) groups excluding carboxylic acids is 2. The molecule has 2 aliphatic heterocycles. The lowest BCUT2D eigenvalue weighted by molar-refractivity contribution is -0.151. The van der Waals surface area contributed by atoms with Crippen molar-refractivity contribution in [2.45, 2.75) is 37.0 Å². The highest BCUT2D eigenvalue weighted by Gasteiger charge is 2.39. The summed E-state index contributed by atoms with van der Waals surface area (Å²) in [6, 6.07) is 7.95. The van der Waals surface area contributed by atoms with E-state index < -0.39 is 34.2 Å². The molecule has 0 radical (unpaired) electrons. The molecule has 0 saturated carbocycles. The van der Waals surface area contributed by atoms with Crippen molar-refractivity contribution in [2.24, 2.45) is 5.92 Å². The second-order valence-electron chi connectivity index (χ2n) is 6.24. The number of carbonyl (C=O) groups is 2. The van der Waals surface area contributed by atoms with Crippen LogP contribution in [0, 0.1) is 5.92 Å². The molecule has 27 heavy (non-hydrogen) atoms. The molecule has 1 fully saturated rings. The average molecular weight is 394 g/mol. The van der Waals surface area contributed by atoms with Crippen LogP contribution in [-0.4, -0.2) is 50.1 Å². The van der Waals surface area contributed by atoms with Crippen LogP contribution in [0.1, 0.15) is 19.8 Å². The van der Waals surface area contributed by atoms with Gasteiger partial charge < -0.3 is 14.8 Å². The van der Waals surface area contributed by atoms with E-state index in [0.29, 0.717) is 13.0 Å². The standard InChI is InChI=1S/C18H22N2O6S/c1-2-25-18(22)13-9-11-20(27(23,24)14-6-4-3-5-7-14)16(12-13)26-15-8-10-19-17(15)21/h3-7,9,11,13,15-16H,2,8,10,12H2,1H3,(H,19,21)/t13-,15-,16-/m1/s1. The quantitative estimate of drug-likeness (QED) is 0.723. The van der Waals surface area contributed by atoms with Gasteiger partial charge in [-0.1, -0.05) is 24.3 Å². The molecule has 8 nitrogen and oxygen atoms in total. The fraction of sp³-hybridized carbons (Fsp3) is 0.444. The number of hydrogen-bond acceptors (Lipinski definition) is 6. The number of benzene rings is 1. The number of nitrogens with zero attached hydrogens (tertiary/aromatic N) is 1. The summed E-state index contributed by atoms with van der Waals surface area (Å²) in [5, 5.41) is 2.66. The molecular weight excluding hydrogens is 372 g/mol. The van der Waals surface area contributed by atoms with Crippen molar-refractivity contribution >= 4 is 21.9 Å². The van der Waals surface area contributed by atoms with Gasteiger partial charge in [-0.3, -0.25) is 9.59 Å². The Hall–Kier alpha value is -2.39. The SMILES string of the molecule is CCOC(=O)[C@@H]1C=CN(S(=O)(=O)c2ccccc2)[C@H](O[C@@H]2CCNC2=O)C1. The van der Waals surface area contributed by atoms with Crippen LogP contribution >= 0.6 is 0 Å². The third-order valence-electron chi connectivity index (χ3n) is 4.43. The Morgan fingerprint density at radius 1 is 1.30 bits per heavy atom. The Morgan fingerprint density at radius 2 is 2.04 bits per heavy atom. The zero-order valence-electron chi connectivity index (χ0n) is 14.9. The highest BCUT2D eigenvalue weighted by Crippen LogP contribution is 2.30. The number of nitrogens with one attached hydrogen (secondary N) is 1. The monoisotopic (exact) mass is 394 g/mol. The van der Waals surface area contributed by atoms with E-state index in [1.54, 1.807) is 25.1 Å². The number of amides is 1. The second-order valence-corrected chi connectivity index (χ2v) is 8.09. The van der Waals surface area contributed by atoms with Gasteiger partial charge in [0, 0.05) is 25.6 Å². The summed E-state index contributed by atoms with van der Waals surface area (Å²) in [5.41, 5.74) is 0. The van der Waals surface area contributed by atoms with E-state index in [2.05, 4.69) is 5.32 Å². The summed E-state index contributed by atoms with van der Waals surface area (Å²) in [7, 11) is -3.89. The fourth-order valence-corrected chi connectivity index (χ4v) is 4.48. The molecule has 0 bridgehead atoms. The normalized spacial score (nSPS) is 25.3. The lowest BCUT2D eigenvalue weighted by Crippen LogP contribution is -2.45. The highest BCUT2D eigenvalue weighted by atomic mass is 32.2. The molecule has 0 aliphatic carbocycles. The Bertz CT molecular complexity index is 824. The molecule has 1 aromatic carbocycles. The van der Waals surface area contributed by atoms with E-state index in [1.165, 1.54) is 24.4 Å². The average Bonchev–Trinajstić information content (AvgIpc) is 3.07. The fourth-order valence-electron chi connectivity index (χ4n) is 3.06. The summed E-state index contributed by atoms with van der Waals surface area (Å²) >= 11 is 0. The van der Waals surface area contributed by atoms with Crippen LogP contribution in [0.5, 0.6) is 0 Å². The number of ether oxygens (including phenoxy) is 2. The Labute approximate surface area is 158 Å². The lowest BCUT2D eigenvalue weighted by atomic mass is 10.0. The van der Waals surface area contributed by atoms with Gasteiger partial charge in [-0.05, 0) is 19.1 Å². The predicted molar refractivity (Wildman–Crippen MR) is 95.6 cm³/mol. The number of rotatable bonds is 6. The minimum atomic E-state index is -3.89. The third kappa shape index (κ3) is 4.14. The van der Waals surface area contributed by atoms with Crippen molar-refractivity contribution in [3.8, 4) is 0 Å². The van der Waals surface area contributed by atoms with Gasteiger partial charge in [0.25, 0.3) is 10.0 Å². The summed E-state index contributed by atoms with van der Waals surface area (Å²) in [5.74, 6) is -1.37. The molecule has 2 aliphatic rings. The number of esters is 1. The number of hydrogen-bond donors (Lipinski definition) is 1. The predicted octanol–water partition coefficient (Wildman–Crippen LogP) is 1.01. The lowest BCUT2D eigenvalue weighted by Gasteiger charge is -2.35. The first kappa shape index (κ1) is 19.4. The van der Waals surface area contributed by atoms with Crippen molar-refractivity contribution in [3.63, 3.8) is 0 Å². The first-order valence-corrected chi connectivity index (χ1v) is 10.2. The zero-order chi connectivity index (χ0) is 19.4. The van der Waals surface area contributed by atoms with Gasteiger partial charge in [0.05, 0.1) is 17.4 Å². The maximum Gasteiger partial charge on any atom is 0.313 e. The molecule has 3 rings (SSSR count). The Morgan fingerprint density at radius 3 is 2.67 bits per heavy atom. The summed E-state index contributed by atoms with van der Waals surface area (Å²) < 4.78 is 38.0. The van der Waals surface area contributed by atoms with Gasteiger partial charge in [-0.25, -0.2) is 12.7 Å². The molecule has 1 saturated heterocycles. The molecule has 0 unspecified atom stereocenters. The van der Waals surface area contributed by atoms with Crippen molar-refractivity contribution in [1.82, 2.24) is 9.62 Å². The molecule has 9 heteroatoms. The van der Waals surface area contributed by atoms with Crippen LogP contribution in [0.15, 0.2) is 47.5 Å². The molecule has 3 atom stereocenters. The van der Waals surface area contributed by atoms with Crippen LogP contribution in [0.4, 0.5) is 0 Å². The van der Waals surface area contributed by atoms with Crippen LogP contribution in [0.2, 0.25) is 0 Å². The van der Waals surface area contributed by atoms with Gasteiger partial charge >= 0.3 is 5.97 Å². The largest absolute Gasteiger partial charge is 0.466 e. The molecule has 146 valence electrons. The van der Waals surface area contributed by atoms with E-state index in [4.69, 9.17) is 9.47 Å². The van der Waals surface area contributed by atoms with Crippen molar-refractivity contribution < 1.29 is 27.5 Å². The smallest absolute Gasteiger partial charge is 0.313 e. The Kier molecular flexibility index (Phi) is 5.81. The van der Waals surface area contributed by atoms with E-state index in [9.17, 15) is 18.0 Å². The van der Waals surface area contributed by atoms with E-state index in [1.807, 2.05) is 0 Å². The second kappa shape index (κ2) is 8.10. The molecule has 0 spiro atoms. The maximum atomic E-state index is 13.0. The van der Waals surface area contributed by atoms with E-state index in [-0.39, 0.29) is 23.8 Å². The molecule has 2 heterocycles. The zero-order valence-corrected chi connectivity index (χ0v) is 15.7. The molecule has 1 aromatic rings. The van der Waals surface area contributed by atoms with E-state index in [0.717, 1.165) is 4.31 Å². The number of sulfonamides is 1. The maximum absolute atomic E-state index is 13.0. The molecule has 1 N–H and O–H groups in total. The van der Waals surface area contributed by atoms with Gasteiger partial charge in [0.15, 0.2) is 0 Å². The third-order valence-corrected chi connectivity index (χ3v) is 6.21. The summed E-state index contributed by atoms with van der Waals surface area (Å²) in [4.78, 5) is 24.1. The van der Waals surface area contributed by atoms with Gasteiger partial charge in [0.2, 0.25) is 5.91 Å². The first-order valence-electron chi connectivity index (χ1n) is 8.80. The molecule has 0 aromatic heterocycles. The van der Waals surface area contributed by atoms with Crippen molar-refractivity contribution in [2.75, 3.05) is 13.2 Å². The van der Waals surface area contributed by atoms with Crippen molar-refractivity contribution in [1.29, 1.82) is 0 Å². The van der Waals surface area contributed by atoms with Crippen LogP contribution in [0.25, 0.3) is 0 Å². The van der Waals surface area contributed by atoms with Crippen LogP contribution in [-0.2, 0) is 29.1 Å². The van der Waals surface area contributed by atoms with Crippen LogP contribution in [0.3, 0.4) is 0 Å². The van der Waals surface area contributed by atoms with Crippen LogP contribution < -0.4 is 5.32 Å². The van der Waals surface area contributed by atoms with Gasteiger partial charge in [-0.2, -0.15) is 0 Å². The minimum Gasteiger partial charge on any atom is -0.466 e.